The van der Waals surface area contributed by atoms with Gasteiger partial charge in [0, 0.05) is 31.2 Å². The number of pyridine rings is 1. The highest BCUT2D eigenvalue weighted by atomic mass is 16.2. The third kappa shape index (κ3) is 4.67. The summed E-state index contributed by atoms with van der Waals surface area (Å²) in [6, 6.07) is 11.6. The molecule has 2 aromatic heterocycles. The molecular formula is C19H21N5O. The number of urea groups is 1. The zero-order valence-electron chi connectivity index (χ0n) is 14.4. The molecule has 3 aromatic rings. The maximum absolute atomic E-state index is 12.1. The van der Waals surface area contributed by atoms with Crippen LogP contribution in [0.5, 0.6) is 0 Å². The van der Waals surface area contributed by atoms with E-state index in [9.17, 15) is 4.79 Å². The minimum absolute atomic E-state index is 0.272. The summed E-state index contributed by atoms with van der Waals surface area (Å²) < 4.78 is 1.76. The Labute approximate surface area is 146 Å². The van der Waals surface area contributed by atoms with E-state index in [1.54, 1.807) is 23.1 Å². The number of nitrogens with zero attached hydrogens (tertiary/aromatic N) is 3. The van der Waals surface area contributed by atoms with Crippen molar-refractivity contribution in [3.8, 4) is 0 Å². The number of hydrogen-bond donors (Lipinski definition) is 2. The number of rotatable bonds is 5. The second-order valence-electron chi connectivity index (χ2n) is 6.00. The van der Waals surface area contributed by atoms with Crippen LogP contribution in [0.25, 0.3) is 0 Å². The van der Waals surface area contributed by atoms with Crippen molar-refractivity contribution < 1.29 is 4.79 Å². The van der Waals surface area contributed by atoms with Crippen molar-refractivity contribution in [2.45, 2.75) is 26.9 Å². The molecule has 0 unspecified atom stereocenters. The summed E-state index contributed by atoms with van der Waals surface area (Å²) in [5.74, 6) is 0.516. The maximum Gasteiger partial charge on any atom is 0.320 e. The Kier molecular flexibility index (Phi) is 5.09. The molecule has 0 atom stereocenters. The minimum Gasteiger partial charge on any atom is -0.334 e. The van der Waals surface area contributed by atoms with Crippen LogP contribution in [0.1, 0.15) is 22.3 Å². The fourth-order valence-corrected chi connectivity index (χ4v) is 2.58. The van der Waals surface area contributed by atoms with Gasteiger partial charge in [-0.15, -0.1) is 0 Å². The highest BCUT2D eigenvalue weighted by molar-refractivity contribution is 5.88. The number of anilines is 1. The summed E-state index contributed by atoms with van der Waals surface area (Å²) in [5, 5.41) is 9.96. The van der Waals surface area contributed by atoms with Crippen molar-refractivity contribution in [1.29, 1.82) is 0 Å². The van der Waals surface area contributed by atoms with Crippen molar-refractivity contribution in [2.24, 2.45) is 0 Å². The van der Waals surface area contributed by atoms with Crippen LogP contribution in [0.15, 0.2) is 55.0 Å². The van der Waals surface area contributed by atoms with Crippen molar-refractivity contribution in [3.63, 3.8) is 0 Å². The SMILES string of the molecule is Cc1ccc(CNC(=O)Nc2ccn(Cc3cccnc3)n2)c(C)c1. The van der Waals surface area contributed by atoms with Gasteiger partial charge in [-0.05, 0) is 36.6 Å². The molecule has 0 saturated carbocycles. The lowest BCUT2D eigenvalue weighted by Gasteiger charge is -2.09. The van der Waals surface area contributed by atoms with Gasteiger partial charge in [-0.3, -0.25) is 15.0 Å². The van der Waals surface area contributed by atoms with Gasteiger partial charge in [0.1, 0.15) is 0 Å². The van der Waals surface area contributed by atoms with Gasteiger partial charge in [0.25, 0.3) is 0 Å². The molecule has 0 spiro atoms. The largest absolute Gasteiger partial charge is 0.334 e. The van der Waals surface area contributed by atoms with Crippen molar-refractivity contribution in [2.75, 3.05) is 5.32 Å². The average Bonchev–Trinajstić information content (AvgIpc) is 3.02. The maximum atomic E-state index is 12.1. The number of hydrogen-bond acceptors (Lipinski definition) is 3. The molecule has 0 saturated heterocycles. The average molecular weight is 335 g/mol. The molecule has 6 nitrogen and oxygen atoms in total. The summed E-state index contributed by atoms with van der Waals surface area (Å²) in [6.45, 7) is 5.19. The molecule has 0 aliphatic heterocycles. The summed E-state index contributed by atoms with van der Waals surface area (Å²) in [5.41, 5.74) is 4.53. The molecule has 1 aromatic carbocycles. The lowest BCUT2D eigenvalue weighted by molar-refractivity contribution is 0.251. The topological polar surface area (TPSA) is 71.8 Å². The Hall–Kier alpha value is -3.15. The molecule has 128 valence electrons. The van der Waals surface area contributed by atoms with Crippen LogP contribution in [0.2, 0.25) is 0 Å². The fraction of sp³-hybridized carbons (Fsp3) is 0.211. The summed E-state index contributed by atoms with van der Waals surface area (Å²) in [6.07, 6.45) is 5.36. The molecule has 0 bridgehead atoms. The summed E-state index contributed by atoms with van der Waals surface area (Å²) in [4.78, 5) is 16.1. The normalized spacial score (nSPS) is 10.5. The predicted molar refractivity (Wildman–Crippen MR) is 97.3 cm³/mol. The van der Waals surface area contributed by atoms with Crippen LogP contribution in [-0.2, 0) is 13.1 Å². The van der Waals surface area contributed by atoms with E-state index in [0.29, 0.717) is 18.9 Å². The van der Waals surface area contributed by atoms with Gasteiger partial charge < -0.3 is 5.32 Å². The zero-order chi connectivity index (χ0) is 17.6. The molecule has 6 heteroatoms. The molecule has 0 radical (unpaired) electrons. The van der Waals surface area contributed by atoms with E-state index in [1.165, 1.54) is 11.1 Å². The van der Waals surface area contributed by atoms with Crippen molar-refractivity contribution in [1.82, 2.24) is 20.1 Å². The molecular weight excluding hydrogens is 314 g/mol. The molecule has 2 N–H and O–H groups in total. The Bertz CT molecular complexity index is 857. The van der Waals surface area contributed by atoms with Crippen LogP contribution >= 0.6 is 0 Å². The lowest BCUT2D eigenvalue weighted by Crippen LogP contribution is -2.28. The molecule has 2 heterocycles. The standard InChI is InChI=1S/C19H21N5O/c1-14-5-6-17(15(2)10-14)12-21-19(25)22-18-7-9-24(23-18)13-16-4-3-8-20-11-16/h3-11H,12-13H2,1-2H3,(H2,21,22,23,25). The van der Waals surface area contributed by atoms with E-state index < -0.39 is 0 Å². The third-order valence-electron chi connectivity index (χ3n) is 3.89. The molecule has 0 fully saturated rings. The summed E-state index contributed by atoms with van der Waals surface area (Å²) >= 11 is 0. The van der Waals surface area contributed by atoms with Gasteiger partial charge in [-0.25, -0.2) is 4.79 Å². The number of aryl methyl sites for hydroxylation is 2. The van der Waals surface area contributed by atoms with E-state index in [0.717, 1.165) is 11.1 Å². The molecule has 0 aliphatic carbocycles. The van der Waals surface area contributed by atoms with Crippen LogP contribution in [0, 0.1) is 13.8 Å². The van der Waals surface area contributed by atoms with Gasteiger partial charge in [0.05, 0.1) is 6.54 Å². The van der Waals surface area contributed by atoms with E-state index in [1.807, 2.05) is 37.4 Å². The first-order valence-corrected chi connectivity index (χ1v) is 8.13. The molecule has 0 aliphatic rings. The van der Waals surface area contributed by atoms with Crippen LogP contribution in [0.4, 0.5) is 10.6 Å². The zero-order valence-corrected chi connectivity index (χ0v) is 14.4. The first-order chi connectivity index (χ1) is 12.1. The second kappa shape index (κ2) is 7.61. The number of nitrogens with one attached hydrogen (secondary N) is 2. The Balaban J connectivity index is 1.53. The predicted octanol–water partition coefficient (Wildman–Crippen LogP) is 3.26. The van der Waals surface area contributed by atoms with Gasteiger partial charge in [-0.2, -0.15) is 5.10 Å². The fourth-order valence-electron chi connectivity index (χ4n) is 2.58. The first kappa shape index (κ1) is 16.7. The van der Waals surface area contributed by atoms with Crippen LogP contribution in [0.3, 0.4) is 0 Å². The molecule has 2 amide bonds. The summed E-state index contributed by atoms with van der Waals surface area (Å²) in [7, 11) is 0. The van der Waals surface area contributed by atoms with Crippen LogP contribution in [-0.4, -0.2) is 20.8 Å². The lowest BCUT2D eigenvalue weighted by atomic mass is 10.1. The third-order valence-corrected chi connectivity index (χ3v) is 3.89. The van der Waals surface area contributed by atoms with Crippen molar-refractivity contribution >= 4 is 11.8 Å². The Morgan fingerprint density at radius 2 is 2.08 bits per heavy atom. The quantitative estimate of drug-likeness (QED) is 0.752. The number of benzene rings is 1. The monoisotopic (exact) mass is 335 g/mol. The Morgan fingerprint density at radius 1 is 1.20 bits per heavy atom. The van der Waals surface area contributed by atoms with E-state index in [2.05, 4.69) is 33.7 Å². The van der Waals surface area contributed by atoms with Gasteiger partial charge in [0.2, 0.25) is 0 Å². The molecule has 3 rings (SSSR count). The van der Waals surface area contributed by atoms with Crippen molar-refractivity contribution in [3.05, 3.63) is 77.2 Å². The second-order valence-corrected chi connectivity index (χ2v) is 6.00. The molecule has 25 heavy (non-hydrogen) atoms. The number of carbonyl (C=O) groups is 1. The highest BCUT2D eigenvalue weighted by Crippen LogP contribution is 2.10. The first-order valence-electron chi connectivity index (χ1n) is 8.13. The van der Waals surface area contributed by atoms with E-state index in [-0.39, 0.29) is 6.03 Å². The Morgan fingerprint density at radius 3 is 2.84 bits per heavy atom. The van der Waals surface area contributed by atoms with E-state index in [4.69, 9.17) is 0 Å². The van der Waals surface area contributed by atoms with Gasteiger partial charge in [0.15, 0.2) is 5.82 Å². The van der Waals surface area contributed by atoms with E-state index >= 15 is 0 Å². The number of carbonyl (C=O) groups excluding carboxylic acids is 1. The minimum atomic E-state index is -0.272. The number of amides is 2. The number of aromatic nitrogens is 3. The van der Waals surface area contributed by atoms with Gasteiger partial charge >= 0.3 is 6.03 Å². The highest BCUT2D eigenvalue weighted by Gasteiger charge is 2.06. The van der Waals surface area contributed by atoms with Crippen LogP contribution < -0.4 is 10.6 Å². The smallest absolute Gasteiger partial charge is 0.320 e. The van der Waals surface area contributed by atoms with Gasteiger partial charge in [-0.1, -0.05) is 29.8 Å².